The lowest BCUT2D eigenvalue weighted by molar-refractivity contribution is -0.116. The van der Waals surface area contributed by atoms with E-state index in [-0.39, 0.29) is 12.5 Å². The molecule has 0 bridgehead atoms. The Morgan fingerprint density at radius 2 is 1.67 bits per heavy atom. The highest BCUT2D eigenvalue weighted by atomic mass is 16.5. The van der Waals surface area contributed by atoms with E-state index in [1.54, 1.807) is 31.4 Å². The third kappa shape index (κ3) is 4.61. The molecule has 2 rings (SSSR count). The van der Waals surface area contributed by atoms with E-state index in [4.69, 9.17) is 9.84 Å². The number of methoxy groups -OCH3 is 1. The van der Waals surface area contributed by atoms with Crippen molar-refractivity contribution in [2.75, 3.05) is 12.4 Å². The summed E-state index contributed by atoms with van der Waals surface area (Å²) in [4.78, 5) is 11.9. The van der Waals surface area contributed by atoms with Crippen LogP contribution in [0.4, 0.5) is 5.69 Å². The van der Waals surface area contributed by atoms with Gasteiger partial charge in [0.1, 0.15) is 5.75 Å². The van der Waals surface area contributed by atoms with E-state index >= 15 is 0 Å². The Kier molecular flexibility index (Phi) is 5.35. The van der Waals surface area contributed by atoms with Crippen LogP contribution in [0.1, 0.15) is 17.5 Å². The van der Waals surface area contributed by atoms with Gasteiger partial charge >= 0.3 is 0 Å². The molecule has 0 aliphatic carbocycles. The Morgan fingerprint density at radius 3 is 2.24 bits per heavy atom. The summed E-state index contributed by atoms with van der Waals surface area (Å²) in [5.41, 5.74) is 2.67. The molecule has 0 unspecified atom stereocenters. The number of carbonyl (C=O) groups excluding carboxylic acids is 1. The highest BCUT2D eigenvalue weighted by molar-refractivity contribution is 5.90. The van der Waals surface area contributed by atoms with Crippen LogP contribution in [-0.2, 0) is 17.8 Å². The number of nitrogens with one attached hydrogen (secondary N) is 1. The summed E-state index contributed by atoms with van der Waals surface area (Å²) >= 11 is 0. The number of ether oxygens (including phenoxy) is 1. The number of aryl methyl sites for hydroxylation is 1. The number of aliphatic hydroxyl groups is 1. The fourth-order valence-electron chi connectivity index (χ4n) is 1.97. The van der Waals surface area contributed by atoms with Crippen LogP contribution < -0.4 is 10.1 Å². The highest BCUT2D eigenvalue weighted by Gasteiger charge is 2.03. The van der Waals surface area contributed by atoms with E-state index in [0.29, 0.717) is 12.8 Å². The molecule has 4 heteroatoms. The molecule has 1 amide bonds. The Morgan fingerprint density at radius 1 is 1.05 bits per heavy atom. The fraction of sp³-hybridized carbons (Fsp3) is 0.235. The molecule has 0 saturated carbocycles. The van der Waals surface area contributed by atoms with Crippen molar-refractivity contribution in [2.45, 2.75) is 19.4 Å². The Labute approximate surface area is 124 Å². The molecule has 0 radical (unpaired) electrons. The Balaban J connectivity index is 1.83. The molecular formula is C17H19NO3. The number of rotatable bonds is 6. The SMILES string of the molecule is COc1ccc(CCC(=O)Nc2ccc(CO)cc2)cc1. The van der Waals surface area contributed by atoms with Crippen molar-refractivity contribution in [2.24, 2.45) is 0 Å². The molecule has 21 heavy (non-hydrogen) atoms. The third-order valence-electron chi connectivity index (χ3n) is 3.22. The average molecular weight is 285 g/mol. The molecular weight excluding hydrogens is 266 g/mol. The molecule has 4 nitrogen and oxygen atoms in total. The van der Waals surface area contributed by atoms with E-state index in [2.05, 4.69) is 5.32 Å². The summed E-state index contributed by atoms with van der Waals surface area (Å²) in [6, 6.07) is 14.9. The minimum atomic E-state index is -0.0254. The van der Waals surface area contributed by atoms with Gasteiger partial charge in [-0.05, 0) is 41.8 Å². The molecule has 2 aromatic rings. The smallest absolute Gasteiger partial charge is 0.224 e. The summed E-state index contributed by atoms with van der Waals surface area (Å²) < 4.78 is 5.10. The first-order chi connectivity index (χ1) is 10.2. The molecule has 0 aliphatic rings. The van der Waals surface area contributed by atoms with E-state index in [9.17, 15) is 4.79 Å². The van der Waals surface area contributed by atoms with Crippen LogP contribution in [-0.4, -0.2) is 18.1 Å². The van der Waals surface area contributed by atoms with Gasteiger partial charge in [0.25, 0.3) is 0 Å². The van der Waals surface area contributed by atoms with Gasteiger partial charge in [-0.25, -0.2) is 0 Å². The van der Waals surface area contributed by atoms with Crippen LogP contribution in [0, 0.1) is 0 Å². The fourth-order valence-corrected chi connectivity index (χ4v) is 1.97. The number of hydrogen-bond acceptors (Lipinski definition) is 3. The lowest BCUT2D eigenvalue weighted by Gasteiger charge is -2.06. The van der Waals surface area contributed by atoms with Crippen LogP contribution in [0.2, 0.25) is 0 Å². The number of amides is 1. The topological polar surface area (TPSA) is 58.6 Å². The maximum atomic E-state index is 11.9. The predicted octanol–water partition coefficient (Wildman–Crippen LogP) is 2.76. The van der Waals surface area contributed by atoms with E-state index in [0.717, 1.165) is 22.6 Å². The van der Waals surface area contributed by atoms with Gasteiger partial charge in [0.15, 0.2) is 0 Å². The maximum Gasteiger partial charge on any atom is 0.224 e. The third-order valence-corrected chi connectivity index (χ3v) is 3.22. The summed E-state index contributed by atoms with van der Waals surface area (Å²) in [6.07, 6.45) is 1.11. The van der Waals surface area contributed by atoms with Crippen LogP contribution >= 0.6 is 0 Å². The minimum Gasteiger partial charge on any atom is -0.497 e. The standard InChI is InChI=1S/C17H19NO3/c1-21-16-9-4-13(5-10-16)6-11-17(20)18-15-7-2-14(12-19)3-8-15/h2-5,7-10,19H,6,11-12H2,1H3,(H,18,20). The van der Waals surface area contributed by atoms with E-state index in [1.807, 2.05) is 24.3 Å². The first-order valence-electron chi connectivity index (χ1n) is 6.84. The van der Waals surface area contributed by atoms with E-state index in [1.165, 1.54) is 0 Å². The van der Waals surface area contributed by atoms with Crippen molar-refractivity contribution in [3.8, 4) is 5.75 Å². The maximum absolute atomic E-state index is 11.9. The molecule has 0 atom stereocenters. The van der Waals surface area contributed by atoms with Gasteiger partial charge in [-0.3, -0.25) is 4.79 Å². The highest BCUT2D eigenvalue weighted by Crippen LogP contribution is 2.14. The van der Waals surface area contributed by atoms with Crippen molar-refractivity contribution in [1.29, 1.82) is 0 Å². The van der Waals surface area contributed by atoms with Crippen molar-refractivity contribution < 1.29 is 14.6 Å². The van der Waals surface area contributed by atoms with Crippen LogP contribution in [0.15, 0.2) is 48.5 Å². The summed E-state index contributed by atoms with van der Waals surface area (Å²) in [7, 11) is 1.63. The van der Waals surface area contributed by atoms with Crippen molar-refractivity contribution in [3.05, 3.63) is 59.7 Å². The first-order valence-corrected chi connectivity index (χ1v) is 6.84. The van der Waals surface area contributed by atoms with Gasteiger partial charge in [-0.2, -0.15) is 0 Å². The van der Waals surface area contributed by atoms with Crippen LogP contribution in [0.5, 0.6) is 5.75 Å². The van der Waals surface area contributed by atoms with Gasteiger partial charge < -0.3 is 15.2 Å². The lowest BCUT2D eigenvalue weighted by Crippen LogP contribution is -2.12. The second-order valence-electron chi connectivity index (χ2n) is 4.75. The molecule has 0 aromatic heterocycles. The summed E-state index contributed by atoms with van der Waals surface area (Å²) in [5.74, 6) is 0.787. The number of anilines is 1. The Hall–Kier alpha value is -2.33. The average Bonchev–Trinajstić information content (AvgIpc) is 2.54. The van der Waals surface area contributed by atoms with Crippen molar-refractivity contribution >= 4 is 11.6 Å². The largest absolute Gasteiger partial charge is 0.497 e. The summed E-state index contributed by atoms with van der Waals surface area (Å²) in [6.45, 7) is 0.00565. The van der Waals surface area contributed by atoms with Crippen molar-refractivity contribution in [3.63, 3.8) is 0 Å². The monoisotopic (exact) mass is 285 g/mol. The zero-order valence-electron chi connectivity index (χ0n) is 12.0. The molecule has 0 saturated heterocycles. The van der Waals surface area contributed by atoms with Crippen LogP contribution in [0.25, 0.3) is 0 Å². The second kappa shape index (κ2) is 7.45. The quantitative estimate of drug-likeness (QED) is 0.858. The molecule has 0 heterocycles. The zero-order chi connectivity index (χ0) is 15.1. The number of carbonyl (C=O) groups is 1. The van der Waals surface area contributed by atoms with Crippen LogP contribution in [0.3, 0.4) is 0 Å². The lowest BCUT2D eigenvalue weighted by atomic mass is 10.1. The molecule has 110 valence electrons. The number of hydrogen-bond donors (Lipinski definition) is 2. The normalized spacial score (nSPS) is 10.2. The number of benzene rings is 2. The first kappa shape index (κ1) is 15.1. The van der Waals surface area contributed by atoms with E-state index < -0.39 is 0 Å². The predicted molar refractivity (Wildman–Crippen MR) is 82.3 cm³/mol. The Bertz CT molecular complexity index is 576. The molecule has 0 fully saturated rings. The zero-order valence-corrected chi connectivity index (χ0v) is 12.0. The minimum absolute atomic E-state index is 0.00565. The molecule has 0 spiro atoms. The van der Waals surface area contributed by atoms with Gasteiger partial charge in [0, 0.05) is 12.1 Å². The number of aliphatic hydroxyl groups excluding tert-OH is 1. The summed E-state index contributed by atoms with van der Waals surface area (Å²) in [5, 5.41) is 11.8. The van der Waals surface area contributed by atoms with Gasteiger partial charge in [-0.1, -0.05) is 24.3 Å². The molecule has 0 aliphatic heterocycles. The van der Waals surface area contributed by atoms with Gasteiger partial charge in [0.05, 0.1) is 13.7 Å². The van der Waals surface area contributed by atoms with Gasteiger partial charge in [0.2, 0.25) is 5.91 Å². The van der Waals surface area contributed by atoms with Gasteiger partial charge in [-0.15, -0.1) is 0 Å². The molecule has 2 aromatic carbocycles. The second-order valence-corrected chi connectivity index (χ2v) is 4.75. The van der Waals surface area contributed by atoms with Crippen molar-refractivity contribution in [1.82, 2.24) is 0 Å². The molecule has 2 N–H and O–H groups in total.